The summed E-state index contributed by atoms with van der Waals surface area (Å²) in [6, 6.07) is 0. The number of likely N-dealkylation sites (tertiary alicyclic amines) is 1. The number of carbonyl (C=O) groups is 1. The lowest BCUT2D eigenvalue weighted by Gasteiger charge is -2.14. The summed E-state index contributed by atoms with van der Waals surface area (Å²) >= 11 is 0. The van der Waals surface area contributed by atoms with Crippen LogP contribution in [0.15, 0.2) is 36.5 Å². The molecule has 1 rings (SSSR count). The fourth-order valence-electron chi connectivity index (χ4n) is 2.04. The molecule has 0 aromatic heterocycles. The van der Waals surface area contributed by atoms with Crippen molar-refractivity contribution >= 4 is 5.91 Å². The Morgan fingerprint density at radius 1 is 1.56 bits per heavy atom. The van der Waals surface area contributed by atoms with Gasteiger partial charge in [-0.2, -0.15) is 0 Å². The second kappa shape index (κ2) is 6.31. The van der Waals surface area contributed by atoms with E-state index in [9.17, 15) is 4.79 Å². The summed E-state index contributed by atoms with van der Waals surface area (Å²) in [4.78, 5) is 13.2. The first-order valence-corrected chi connectivity index (χ1v) is 5.93. The zero-order valence-electron chi connectivity index (χ0n) is 10.3. The fourth-order valence-corrected chi connectivity index (χ4v) is 2.04. The van der Waals surface area contributed by atoms with Crippen LogP contribution in [0, 0.1) is 5.92 Å². The predicted molar refractivity (Wildman–Crippen MR) is 68.1 cm³/mol. The summed E-state index contributed by atoms with van der Waals surface area (Å²) in [6.07, 6.45) is 10.3. The Labute approximate surface area is 98.3 Å². The Kier molecular flexibility index (Phi) is 5.03. The lowest BCUT2D eigenvalue weighted by molar-refractivity contribution is -0.127. The molecule has 1 fully saturated rings. The molecular formula is C14H21NO. The fraction of sp³-hybridized carbons (Fsp3) is 0.500. The third-order valence-electron chi connectivity index (χ3n) is 2.96. The third-order valence-corrected chi connectivity index (χ3v) is 2.96. The number of amides is 1. The molecule has 0 saturated carbocycles. The minimum Gasteiger partial charge on any atom is -0.342 e. The molecular weight excluding hydrogens is 198 g/mol. The minimum atomic E-state index is 0.180. The minimum absolute atomic E-state index is 0.180. The summed E-state index contributed by atoms with van der Waals surface area (Å²) in [5.74, 6) is 0.657. The van der Waals surface area contributed by atoms with E-state index >= 15 is 0 Å². The van der Waals surface area contributed by atoms with E-state index in [2.05, 4.69) is 31.7 Å². The SMILES string of the molecule is C=C/C=C(\C=C/CC)C1CCN(C(C)=O)C1. The van der Waals surface area contributed by atoms with E-state index in [0.717, 1.165) is 25.9 Å². The first kappa shape index (κ1) is 12.8. The van der Waals surface area contributed by atoms with Gasteiger partial charge in [-0.05, 0) is 18.4 Å². The normalized spacial score (nSPS) is 21.8. The van der Waals surface area contributed by atoms with Gasteiger partial charge in [0.1, 0.15) is 0 Å². The van der Waals surface area contributed by atoms with Crippen molar-refractivity contribution < 1.29 is 4.79 Å². The van der Waals surface area contributed by atoms with Crippen molar-refractivity contribution in [3.8, 4) is 0 Å². The predicted octanol–water partition coefficient (Wildman–Crippen LogP) is 2.93. The Hall–Kier alpha value is -1.31. The monoisotopic (exact) mass is 219 g/mol. The average molecular weight is 219 g/mol. The largest absolute Gasteiger partial charge is 0.342 e. The van der Waals surface area contributed by atoms with Gasteiger partial charge < -0.3 is 4.90 Å². The van der Waals surface area contributed by atoms with Crippen molar-refractivity contribution in [3.63, 3.8) is 0 Å². The van der Waals surface area contributed by atoms with Gasteiger partial charge in [-0.3, -0.25) is 4.79 Å². The van der Waals surface area contributed by atoms with Crippen LogP contribution < -0.4 is 0 Å². The highest BCUT2D eigenvalue weighted by Gasteiger charge is 2.25. The average Bonchev–Trinajstić information content (AvgIpc) is 2.73. The van der Waals surface area contributed by atoms with Gasteiger partial charge in [0.25, 0.3) is 0 Å². The van der Waals surface area contributed by atoms with Crippen molar-refractivity contribution in [2.75, 3.05) is 13.1 Å². The van der Waals surface area contributed by atoms with Crippen LogP contribution in [-0.4, -0.2) is 23.9 Å². The highest BCUT2D eigenvalue weighted by atomic mass is 16.2. The Bertz CT molecular complexity index is 315. The van der Waals surface area contributed by atoms with Crippen LogP contribution in [0.25, 0.3) is 0 Å². The number of nitrogens with zero attached hydrogens (tertiary/aromatic N) is 1. The lowest BCUT2D eigenvalue weighted by Crippen LogP contribution is -2.25. The van der Waals surface area contributed by atoms with Crippen molar-refractivity contribution in [2.24, 2.45) is 5.92 Å². The number of hydrogen-bond acceptors (Lipinski definition) is 1. The zero-order chi connectivity index (χ0) is 12.0. The van der Waals surface area contributed by atoms with Crippen LogP contribution >= 0.6 is 0 Å². The summed E-state index contributed by atoms with van der Waals surface area (Å²) in [5.41, 5.74) is 1.29. The molecule has 88 valence electrons. The van der Waals surface area contributed by atoms with E-state index < -0.39 is 0 Å². The van der Waals surface area contributed by atoms with Crippen LogP contribution in [0.3, 0.4) is 0 Å². The van der Waals surface area contributed by atoms with Crippen LogP contribution in [0.2, 0.25) is 0 Å². The maximum Gasteiger partial charge on any atom is 0.219 e. The van der Waals surface area contributed by atoms with Gasteiger partial charge in [0, 0.05) is 25.9 Å². The van der Waals surface area contributed by atoms with Crippen LogP contribution in [0.5, 0.6) is 0 Å². The molecule has 0 bridgehead atoms. The quantitative estimate of drug-likeness (QED) is 0.666. The molecule has 1 unspecified atom stereocenters. The third kappa shape index (κ3) is 3.37. The standard InChI is InChI=1S/C14H21NO/c1-4-6-8-13(7-5-2)14-9-10-15(11-14)12(3)16/h5-8,14H,2,4,9-11H2,1,3H3/b8-6-,13-7+. The summed E-state index contributed by atoms with van der Waals surface area (Å²) in [7, 11) is 0. The molecule has 0 aliphatic carbocycles. The van der Waals surface area contributed by atoms with Gasteiger partial charge in [0.15, 0.2) is 0 Å². The van der Waals surface area contributed by atoms with Gasteiger partial charge in [-0.1, -0.05) is 37.8 Å². The number of carbonyl (C=O) groups excluding carboxylic acids is 1. The first-order valence-electron chi connectivity index (χ1n) is 5.93. The molecule has 0 N–H and O–H groups in total. The maximum atomic E-state index is 11.3. The molecule has 2 nitrogen and oxygen atoms in total. The summed E-state index contributed by atoms with van der Waals surface area (Å²) < 4.78 is 0. The molecule has 1 aliphatic heterocycles. The molecule has 0 aromatic carbocycles. The Balaban J connectivity index is 2.68. The molecule has 2 heteroatoms. The molecule has 1 saturated heterocycles. The zero-order valence-corrected chi connectivity index (χ0v) is 10.3. The Morgan fingerprint density at radius 3 is 2.81 bits per heavy atom. The number of allylic oxidation sites excluding steroid dienone is 4. The molecule has 0 aromatic rings. The van der Waals surface area contributed by atoms with E-state index in [-0.39, 0.29) is 5.91 Å². The first-order chi connectivity index (χ1) is 7.69. The van der Waals surface area contributed by atoms with Crippen molar-refractivity contribution in [1.82, 2.24) is 4.90 Å². The van der Waals surface area contributed by atoms with Gasteiger partial charge in [-0.15, -0.1) is 0 Å². The molecule has 1 aliphatic rings. The second-order valence-electron chi connectivity index (χ2n) is 4.16. The molecule has 0 spiro atoms. The topological polar surface area (TPSA) is 20.3 Å². The van der Waals surface area contributed by atoms with Gasteiger partial charge in [0.05, 0.1) is 0 Å². The summed E-state index contributed by atoms with van der Waals surface area (Å²) in [5, 5.41) is 0. The van der Waals surface area contributed by atoms with Crippen LogP contribution in [0.4, 0.5) is 0 Å². The van der Waals surface area contributed by atoms with E-state index in [1.165, 1.54) is 5.57 Å². The van der Waals surface area contributed by atoms with E-state index in [1.807, 2.05) is 11.0 Å². The van der Waals surface area contributed by atoms with Crippen LogP contribution in [0.1, 0.15) is 26.7 Å². The Morgan fingerprint density at radius 2 is 2.31 bits per heavy atom. The van der Waals surface area contributed by atoms with Crippen molar-refractivity contribution in [2.45, 2.75) is 26.7 Å². The highest BCUT2D eigenvalue weighted by Crippen LogP contribution is 2.25. The van der Waals surface area contributed by atoms with Gasteiger partial charge in [0.2, 0.25) is 5.91 Å². The molecule has 1 atom stereocenters. The number of rotatable bonds is 4. The van der Waals surface area contributed by atoms with E-state index in [4.69, 9.17) is 0 Å². The highest BCUT2D eigenvalue weighted by molar-refractivity contribution is 5.73. The number of hydrogen-bond donors (Lipinski definition) is 0. The van der Waals surface area contributed by atoms with Crippen molar-refractivity contribution in [3.05, 3.63) is 36.5 Å². The van der Waals surface area contributed by atoms with E-state index in [1.54, 1.807) is 6.92 Å². The smallest absolute Gasteiger partial charge is 0.219 e. The molecule has 1 heterocycles. The van der Waals surface area contributed by atoms with Gasteiger partial charge in [-0.25, -0.2) is 0 Å². The second-order valence-corrected chi connectivity index (χ2v) is 4.16. The van der Waals surface area contributed by atoms with Crippen molar-refractivity contribution in [1.29, 1.82) is 0 Å². The maximum absolute atomic E-state index is 11.3. The van der Waals surface area contributed by atoms with Gasteiger partial charge >= 0.3 is 0 Å². The molecule has 0 radical (unpaired) electrons. The van der Waals surface area contributed by atoms with E-state index in [0.29, 0.717) is 5.92 Å². The molecule has 16 heavy (non-hydrogen) atoms. The summed E-state index contributed by atoms with van der Waals surface area (Å²) in [6.45, 7) is 9.24. The van der Waals surface area contributed by atoms with Crippen LogP contribution in [-0.2, 0) is 4.79 Å². The lowest BCUT2D eigenvalue weighted by atomic mass is 9.97. The molecule has 1 amide bonds.